The fourth-order valence-corrected chi connectivity index (χ4v) is 8.62. The number of H-pyrrole nitrogens is 1. The van der Waals surface area contributed by atoms with Gasteiger partial charge in [-0.2, -0.15) is 0 Å². The molecule has 4 aromatic carbocycles. The van der Waals surface area contributed by atoms with Crippen LogP contribution in [0.2, 0.25) is 0 Å². The van der Waals surface area contributed by atoms with Crippen molar-refractivity contribution in [3.63, 3.8) is 0 Å². The summed E-state index contributed by atoms with van der Waals surface area (Å²) in [6.07, 6.45) is 1.52. The molecule has 0 fully saturated rings. The van der Waals surface area contributed by atoms with Gasteiger partial charge in [0, 0.05) is 45.8 Å². The number of benzene rings is 4. The van der Waals surface area contributed by atoms with Crippen molar-refractivity contribution in [2.24, 2.45) is 5.92 Å². The SMILES string of the molecule is CC(C)[C@H]1NC(=O)[C@@H](NC(=O)OCc2ccccc2)Cc2ccc(OC(=O)OC(C)(C)C)c(c2)[C@@]23C(=O)Nc4c(cccc42)-c2ccc4[nH]cc(c4c2)-c2cnc(o2)-c2nc1oc23. The lowest BCUT2D eigenvalue weighted by atomic mass is 9.71. The largest absolute Gasteiger partial charge is 0.514 e. The maximum absolute atomic E-state index is 15.6. The van der Waals surface area contributed by atoms with Crippen molar-refractivity contribution in [2.45, 2.75) is 70.7 Å². The van der Waals surface area contributed by atoms with Gasteiger partial charge in [0.25, 0.3) is 0 Å². The molecule has 0 saturated heterocycles. The van der Waals surface area contributed by atoms with Crippen molar-refractivity contribution in [3.05, 3.63) is 131 Å². The van der Waals surface area contributed by atoms with Gasteiger partial charge >= 0.3 is 12.2 Å². The number of hydrogen-bond acceptors (Lipinski definition) is 11. The average molecular weight is 847 g/mol. The molecule has 0 aliphatic carbocycles. The second-order valence-electron chi connectivity index (χ2n) is 17.2. The highest BCUT2D eigenvalue weighted by Gasteiger charge is 2.57. The molecule has 0 radical (unpaired) electrons. The molecular formula is C48H42N6O9. The molecule has 3 atom stereocenters. The van der Waals surface area contributed by atoms with Crippen molar-refractivity contribution in [3.8, 4) is 39.8 Å². The molecule has 63 heavy (non-hydrogen) atoms. The summed E-state index contributed by atoms with van der Waals surface area (Å²) < 4.78 is 30.7. The molecule has 6 heterocycles. The zero-order valence-corrected chi connectivity index (χ0v) is 35.0. The molecule has 15 heteroatoms. The minimum atomic E-state index is -1.94. The van der Waals surface area contributed by atoms with E-state index in [4.69, 9.17) is 33.0 Å². The molecular weight excluding hydrogens is 805 g/mol. The number of ether oxygens (including phenoxy) is 3. The monoisotopic (exact) mass is 846 g/mol. The summed E-state index contributed by atoms with van der Waals surface area (Å²) in [5.41, 5.74) is 2.71. The number of rotatable bonds is 5. The number of para-hydroxylation sites is 1. The van der Waals surface area contributed by atoms with Crippen LogP contribution in [-0.4, -0.2) is 50.7 Å². The van der Waals surface area contributed by atoms with E-state index in [1.807, 2.05) is 86.8 Å². The standard InChI is InChI=1S/C48H42N6O9/c1-24(2)37-43-53-39-40(62-43)48(31-13-9-12-28(38(31)54-44(48)56)27-15-16-33-29(20-27)30(21-49-33)36-22-50-42(39)60-36)32-18-26(14-17-35(32)61-46(58)63-47(3,4)5)19-34(41(55)52-37)51-45(57)59-23-25-10-7-6-8-11-25/h6-18,20-22,24,34,37,49H,19,23H2,1-5H3,(H,51,57)(H,52,55)(H,54,56)/t34-,37+,48-/m0/s1. The van der Waals surface area contributed by atoms with Crippen molar-refractivity contribution in [1.82, 2.24) is 25.6 Å². The van der Waals surface area contributed by atoms with Crippen molar-refractivity contribution in [2.75, 3.05) is 5.32 Å². The zero-order valence-electron chi connectivity index (χ0n) is 35.0. The fraction of sp³-hybridized carbons (Fsp3) is 0.250. The van der Waals surface area contributed by atoms with Crippen LogP contribution in [0.1, 0.15) is 74.6 Å². The summed E-state index contributed by atoms with van der Waals surface area (Å²) in [6.45, 7) is 8.86. The van der Waals surface area contributed by atoms with Crippen LogP contribution in [0.15, 0.2) is 106 Å². The molecule has 12 bridgehead atoms. The Morgan fingerprint density at radius 3 is 2.57 bits per heavy atom. The molecule has 3 aliphatic heterocycles. The zero-order chi connectivity index (χ0) is 43.8. The third kappa shape index (κ3) is 6.76. The summed E-state index contributed by atoms with van der Waals surface area (Å²) in [5.74, 6) is -0.952. The third-order valence-corrected chi connectivity index (χ3v) is 11.5. The van der Waals surface area contributed by atoms with Gasteiger partial charge in [0.05, 0.1) is 11.9 Å². The predicted octanol–water partition coefficient (Wildman–Crippen LogP) is 8.72. The number of anilines is 1. The highest BCUT2D eigenvalue weighted by Crippen LogP contribution is 2.56. The van der Waals surface area contributed by atoms with Crippen LogP contribution in [0.5, 0.6) is 5.75 Å². The first-order valence-electron chi connectivity index (χ1n) is 20.6. The van der Waals surface area contributed by atoms with Gasteiger partial charge in [0.1, 0.15) is 30.0 Å². The normalized spacial score (nSPS) is 18.6. The molecule has 318 valence electrons. The van der Waals surface area contributed by atoms with Gasteiger partial charge in [0.15, 0.2) is 22.6 Å². The molecule has 0 saturated carbocycles. The number of fused-ring (bicyclic) bond motifs is 9. The molecule has 3 amide bonds. The molecule has 15 nitrogen and oxygen atoms in total. The van der Waals surface area contributed by atoms with E-state index in [2.05, 4.69) is 20.9 Å². The minimum Gasteiger partial charge on any atom is -0.445 e. The summed E-state index contributed by atoms with van der Waals surface area (Å²) >= 11 is 0. The van der Waals surface area contributed by atoms with Gasteiger partial charge < -0.3 is 44.0 Å². The van der Waals surface area contributed by atoms with Crippen LogP contribution >= 0.6 is 0 Å². The van der Waals surface area contributed by atoms with Crippen LogP contribution in [0.25, 0.3) is 44.9 Å². The van der Waals surface area contributed by atoms with Crippen LogP contribution in [0, 0.1) is 5.92 Å². The first-order chi connectivity index (χ1) is 30.3. The Morgan fingerprint density at radius 2 is 1.78 bits per heavy atom. The van der Waals surface area contributed by atoms with Crippen LogP contribution < -0.4 is 20.7 Å². The number of carbonyl (C=O) groups excluding carboxylic acids is 4. The lowest BCUT2D eigenvalue weighted by Gasteiger charge is -2.30. The molecule has 4 N–H and O–H groups in total. The number of amides is 3. The predicted molar refractivity (Wildman–Crippen MR) is 230 cm³/mol. The molecule has 3 aromatic heterocycles. The Balaban J connectivity index is 1.23. The Kier molecular flexibility index (Phi) is 9.24. The molecule has 1 spiro atoms. The van der Waals surface area contributed by atoms with Crippen molar-refractivity contribution < 1.29 is 42.2 Å². The highest BCUT2D eigenvalue weighted by atomic mass is 16.7. The highest BCUT2D eigenvalue weighted by molar-refractivity contribution is 6.15. The fourth-order valence-electron chi connectivity index (χ4n) is 8.62. The lowest BCUT2D eigenvalue weighted by Crippen LogP contribution is -2.49. The van der Waals surface area contributed by atoms with E-state index in [0.717, 1.165) is 27.6 Å². The summed E-state index contributed by atoms with van der Waals surface area (Å²) in [7, 11) is 0. The quantitative estimate of drug-likeness (QED) is 0.0954. The lowest BCUT2D eigenvalue weighted by molar-refractivity contribution is -0.124. The number of aromatic amines is 1. The summed E-state index contributed by atoms with van der Waals surface area (Å²) in [4.78, 5) is 70.1. The Hall–Kier alpha value is -7.68. The van der Waals surface area contributed by atoms with Gasteiger partial charge in [0.2, 0.25) is 23.6 Å². The second-order valence-corrected chi connectivity index (χ2v) is 17.2. The first kappa shape index (κ1) is 39.5. The minimum absolute atomic E-state index is 0.00953. The van der Waals surface area contributed by atoms with Gasteiger partial charge in [-0.3, -0.25) is 9.59 Å². The van der Waals surface area contributed by atoms with E-state index < -0.39 is 47.2 Å². The smallest absolute Gasteiger partial charge is 0.445 e. The van der Waals surface area contributed by atoms with Gasteiger partial charge in [-0.25, -0.2) is 19.6 Å². The van der Waals surface area contributed by atoms with Gasteiger partial charge in [-0.15, -0.1) is 0 Å². The molecule has 0 unspecified atom stereocenters. The van der Waals surface area contributed by atoms with Gasteiger partial charge in [-0.05, 0) is 61.6 Å². The number of aromatic nitrogens is 3. The van der Waals surface area contributed by atoms with Gasteiger partial charge in [-0.1, -0.05) is 80.6 Å². The summed E-state index contributed by atoms with van der Waals surface area (Å²) in [6, 6.07) is 23.5. The van der Waals surface area contributed by atoms with E-state index in [1.165, 1.54) is 6.07 Å². The summed E-state index contributed by atoms with van der Waals surface area (Å²) in [5, 5.41) is 9.88. The molecule has 7 aromatic rings. The maximum Gasteiger partial charge on any atom is 0.514 e. The van der Waals surface area contributed by atoms with E-state index in [9.17, 15) is 14.4 Å². The van der Waals surface area contributed by atoms with E-state index in [-0.39, 0.29) is 53.5 Å². The first-order valence-corrected chi connectivity index (χ1v) is 20.6. The van der Waals surface area contributed by atoms with Crippen LogP contribution in [0.4, 0.5) is 15.3 Å². The maximum atomic E-state index is 15.6. The number of alkyl carbamates (subject to hydrolysis) is 1. The average Bonchev–Trinajstić information content (AvgIpc) is 4.05. The van der Waals surface area contributed by atoms with E-state index in [1.54, 1.807) is 39.1 Å². The van der Waals surface area contributed by atoms with Crippen molar-refractivity contribution >= 4 is 40.7 Å². The van der Waals surface area contributed by atoms with E-state index in [0.29, 0.717) is 28.1 Å². The Bertz CT molecular complexity index is 3000. The van der Waals surface area contributed by atoms with Crippen molar-refractivity contribution in [1.29, 1.82) is 0 Å². The van der Waals surface area contributed by atoms with Crippen LogP contribution in [-0.2, 0) is 37.5 Å². The number of hydrogen-bond donors (Lipinski definition) is 4. The number of nitrogens with zero attached hydrogens (tertiary/aromatic N) is 2. The molecule has 10 rings (SSSR count). The van der Waals surface area contributed by atoms with Crippen LogP contribution in [0.3, 0.4) is 0 Å². The Labute approximate surface area is 360 Å². The Morgan fingerprint density at radius 1 is 0.952 bits per heavy atom. The third-order valence-electron chi connectivity index (χ3n) is 11.5. The number of nitrogens with one attached hydrogen (secondary N) is 4. The molecule has 3 aliphatic rings. The second kappa shape index (κ2) is 14.8. The van der Waals surface area contributed by atoms with E-state index >= 15 is 4.79 Å². The number of oxazole rings is 2. The number of carbonyl (C=O) groups is 4. The topological polar surface area (TPSA) is 200 Å².